The second-order valence-corrected chi connectivity index (χ2v) is 5.23. The summed E-state index contributed by atoms with van der Waals surface area (Å²) in [4.78, 5) is 22.1. The minimum Gasteiger partial charge on any atom is -0.381 e. The van der Waals surface area contributed by atoms with Gasteiger partial charge in [0.05, 0.1) is 11.3 Å². The molecule has 0 fully saturated rings. The maximum atomic E-state index is 11.8. The summed E-state index contributed by atoms with van der Waals surface area (Å²) in [6.07, 6.45) is 0.749. The third-order valence-corrected chi connectivity index (χ3v) is 2.78. The average molecular weight is 294 g/mol. The molecule has 0 heterocycles. The molecule has 0 aliphatic heterocycles. The molecule has 0 atom stereocenters. The van der Waals surface area contributed by atoms with Crippen molar-refractivity contribution in [2.75, 3.05) is 19.8 Å². The van der Waals surface area contributed by atoms with Crippen LogP contribution in [0.1, 0.15) is 25.8 Å². The number of rotatable bonds is 9. The quantitative estimate of drug-likeness (QED) is 0.430. The van der Waals surface area contributed by atoms with Crippen LogP contribution in [-0.4, -0.2) is 30.6 Å². The first-order valence-electron chi connectivity index (χ1n) is 7.07. The molecule has 1 aromatic rings. The Labute approximate surface area is 124 Å². The number of hydrogen-bond acceptors (Lipinski definition) is 4. The van der Waals surface area contributed by atoms with Gasteiger partial charge >= 0.3 is 0 Å². The van der Waals surface area contributed by atoms with Gasteiger partial charge in [-0.1, -0.05) is 32.0 Å². The normalized spacial score (nSPS) is 10.6. The first-order valence-corrected chi connectivity index (χ1v) is 7.07. The van der Waals surface area contributed by atoms with Gasteiger partial charge in [-0.25, -0.2) is 0 Å². The highest BCUT2D eigenvalue weighted by Crippen LogP contribution is 2.17. The number of para-hydroxylation sites is 1. The molecule has 1 aromatic carbocycles. The smallest absolute Gasteiger partial charge is 0.273 e. The lowest BCUT2D eigenvalue weighted by Crippen LogP contribution is -2.27. The molecular formula is C15H22N2O4. The zero-order chi connectivity index (χ0) is 15.7. The maximum Gasteiger partial charge on any atom is 0.273 e. The van der Waals surface area contributed by atoms with E-state index in [4.69, 9.17) is 4.74 Å². The van der Waals surface area contributed by atoms with Crippen molar-refractivity contribution in [1.82, 2.24) is 5.32 Å². The van der Waals surface area contributed by atoms with Crippen LogP contribution in [0.5, 0.6) is 0 Å². The van der Waals surface area contributed by atoms with Crippen molar-refractivity contribution in [3.05, 3.63) is 39.9 Å². The van der Waals surface area contributed by atoms with Crippen molar-refractivity contribution in [3.63, 3.8) is 0 Å². The van der Waals surface area contributed by atoms with Gasteiger partial charge in [-0.05, 0) is 12.3 Å². The number of nitrogens with one attached hydrogen (secondary N) is 1. The summed E-state index contributed by atoms with van der Waals surface area (Å²) in [7, 11) is 0. The molecule has 0 spiro atoms. The molecule has 0 unspecified atom stereocenters. The molecular weight excluding hydrogens is 272 g/mol. The Hall–Kier alpha value is -1.95. The first kappa shape index (κ1) is 17.1. The maximum absolute atomic E-state index is 11.8. The predicted octanol–water partition coefficient (Wildman–Crippen LogP) is 2.32. The number of benzene rings is 1. The molecule has 6 nitrogen and oxygen atoms in total. The number of nitro groups is 1. The van der Waals surface area contributed by atoms with E-state index in [1.165, 1.54) is 6.07 Å². The van der Waals surface area contributed by atoms with Crippen molar-refractivity contribution in [3.8, 4) is 0 Å². The molecule has 0 saturated heterocycles. The largest absolute Gasteiger partial charge is 0.381 e. The van der Waals surface area contributed by atoms with E-state index in [9.17, 15) is 14.9 Å². The molecule has 6 heteroatoms. The first-order chi connectivity index (χ1) is 10.0. The van der Waals surface area contributed by atoms with Gasteiger partial charge in [0.25, 0.3) is 5.69 Å². The lowest BCUT2D eigenvalue weighted by molar-refractivity contribution is -0.385. The highest BCUT2D eigenvalue weighted by Gasteiger charge is 2.14. The van der Waals surface area contributed by atoms with E-state index >= 15 is 0 Å². The van der Waals surface area contributed by atoms with Crippen molar-refractivity contribution < 1.29 is 14.5 Å². The van der Waals surface area contributed by atoms with Crippen LogP contribution in [0.3, 0.4) is 0 Å². The molecule has 1 N–H and O–H groups in total. The van der Waals surface area contributed by atoms with E-state index in [-0.39, 0.29) is 18.0 Å². The van der Waals surface area contributed by atoms with E-state index < -0.39 is 4.92 Å². The number of carbonyl (C=O) groups is 1. The van der Waals surface area contributed by atoms with Crippen molar-refractivity contribution in [2.24, 2.45) is 5.92 Å². The standard InChI is InChI=1S/C15H22N2O4/c1-12(2)11-21-9-5-8-16-15(18)10-13-6-3-4-7-14(13)17(19)20/h3-4,6-7,12H,5,8-11H2,1-2H3,(H,16,18). The summed E-state index contributed by atoms with van der Waals surface area (Å²) in [6, 6.07) is 6.28. The van der Waals surface area contributed by atoms with Crippen LogP contribution in [-0.2, 0) is 16.0 Å². The summed E-state index contributed by atoms with van der Waals surface area (Å²) >= 11 is 0. The number of nitro benzene ring substituents is 1. The molecule has 0 aliphatic carbocycles. The van der Waals surface area contributed by atoms with Gasteiger partial charge in [-0.15, -0.1) is 0 Å². The fraction of sp³-hybridized carbons (Fsp3) is 0.533. The van der Waals surface area contributed by atoms with Crippen LogP contribution in [0.4, 0.5) is 5.69 Å². The predicted molar refractivity (Wildman–Crippen MR) is 80.1 cm³/mol. The molecule has 0 radical (unpaired) electrons. The number of carbonyl (C=O) groups excluding carboxylic acids is 1. The molecule has 0 aliphatic rings. The summed E-state index contributed by atoms with van der Waals surface area (Å²) < 4.78 is 5.41. The van der Waals surface area contributed by atoms with E-state index in [2.05, 4.69) is 19.2 Å². The van der Waals surface area contributed by atoms with Crippen LogP contribution >= 0.6 is 0 Å². The Bertz CT molecular complexity index is 474. The van der Waals surface area contributed by atoms with Crippen LogP contribution in [0.15, 0.2) is 24.3 Å². The molecule has 0 aromatic heterocycles. The molecule has 0 saturated carbocycles. The van der Waals surface area contributed by atoms with E-state index in [1.54, 1.807) is 18.2 Å². The van der Waals surface area contributed by atoms with Gasteiger partial charge in [-0.2, -0.15) is 0 Å². The topological polar surface area (TPSA) is 81.5 Å². The van der Waals surface area contributed by atoms with Crippen LogP contribution in [0.25, 0.3) is 0 Å². The summed E-state index contributed by atoms with van der Waals surface area (Å²) in [5.41, 5.74) is 0.406. The number of amides is 1. The van der Waals surface area contributed by atoms with Crippen molar-refractivity contribution in [1.29, 1.82) is 0 Å². The fourth-order valence-electron chi connectivity index (χ4n) is 1.79. The fourth-order valence-corrected chi connectivity index (χ4v) is 1.79. The van der Waals surface area contributed by atoms with Gasteiger partial charge < -0.3 is 10.1 Å². The Kier molecular flexibility index (Phi) is 7.39. The lowest BCUT2D eigenvalue weighted by Gasteiger charge is -2.08. The van der Waals surface area contributed by atoms with Gasteiger partial charge in [0.2, 0.25) is 5.91 Å². The number of ether oxygens (including phenoxy) is 1. The molecule has 21 heavy (non-hydrogen) atoms. The summed E-state index contributed by atoms with van der Waals surface area (Å²) in [5.74, 6) is 0.284. The second-order valence-electron chi connectivity index (χ2n) is 5.23. The number of nitrogens with zero attached hydrogens (tertiary/aromatic N) is 1. The lowest BCUT2D eigenvalue weighted by atomic mass is 10.1. The Balaban J connectivity index is 2.30. The molecule has 1 rings (SSSR count). The van der Waals surface area contributed by atoms with Crippen molar-refractivity contribution >= 4 is 11.6 Å². The SMILES string of the molecule is CC(C)COCCCNC(=O)Cc1ccccc1[N+](=O)[O-]. The van der Waals surface area contributed by atoms with Gasteiger partial charge in [-0.3, -0.25) is 14.9 Å². The molecule has 116 valence electrons. The summed E-state index contributed by atoms with van der Waals surface area (Å²) in [6.45, 7) is 5.98. The Morgan fingerprint density at radius 1 is 1.38 bits per heavy atom. The zero-order valence-corrected chi connectivity index (χ0v) is 12.5. The minimum atomic E-state index is -0.470. The monoisotopic (exact) mass is 294 g/mol. The van der Waals surface area contributed by atoms with E-state index in [0.29, 0.717) is 31.2 Å². The van der Waals surface area contributed by atoms with Gasteiger partial charge in [0.1, 0.15) is 0 Å². The highest BCUT2D eigenvalue weighted by molar-refractivity contribution is 5.79. The average Bonchev–Trinajstić information content (AvgIpc) is 2.42. The zero-order valence-electron chi connectivity index (χ0n) is 12.5. The Morgan fingerprint density at radius 2 is 2.10 bits per heavy atom. The van der Waals surface area contributed by atoms with Crippen LogP contribution < -0.4 is 5.32 Å². The molecule has 1 amide bonds. The van der Waals surface area contributed by atoms with Crippen LogP contribution in [0, 0.1) is 16.0 Å². The van der Waals surface area contributed by atoms with E-state index in [0.717, 1.165) is 6.42 Å². The van der Waals surface area contributed by atoms with Crippen molar-refractivity contribution in [2.45, 2.75) is 26.7 Å². The molecule has 0 bridgehead atoms. The third-order valence-electron chi connectivity index (χ3n) is 2.78. The minimum absolute atomic E-state index is 0.0179. The second kappa shape index (κ2) is 9.07. The third kappa shape index (κ3) is 6.85. The van der Waals surface area contributed by atoms with Crippen LogP contribution in [0.2, 0.25) is 0 Å². The Morgan fingerprint density at radius 3 is 2.76 bits per heavy atom. The van der Waals surface area contributed by atoms with Gasteiger partial charge in [0.15, 0.2) is 0 Å². The highest BCUT2D eigenvalue weighted by atomic mass is 16.6. The van der Waals surface area contributed by atoms with E-state index in [1.807, 2.05) is 0 Å². The number of hydrogen-bond donors (Lipinski definition) is 1. The van der Waals surface area contributed by atoms with Gasteiger partial charge in [0, 0.05) is 31.4 Å². The summed E-state index contributed by atoms with van der Waals surface area (Å²) in [5, 5.41) is 13.6.